The lowest BCUT2D eigenvalue weighted by atomic mass is 9.92. The number of furan rings is 1. The van der Waals surface area contributed by atoms with Gasteiger partial charge >= 0.3 is 0 Å². The molecule has 2 aliphatic rings. The van der Waals surface area contributed by atoms with Crippen molar-refractivity contribution in [3.05, 3.63) is 23.7 Å². The van der Waals surface area contributed by atoms with Crippen molar-refractivity contribution in [3.8, 4) is 0 Å². The van der Waals surface area contributed by atoms with Gasteiger partial charge in [-0.15, -0.1) is 0 Å². The predicted molar refractivity (Wildman–Crippen MR) is 87.9 cm³/mol. The fourth-order valence-electron chi connectivity index (χ4n) is 3.42. The monoisotopic (exact) mass is 320 g/mol. The molecule has 3 rings (SSSR count). The highest BCUT2D eigenvalue weighted by Gasteiger charge is 2.34. The van der Waals surface area contributed by atoms with E-state index in [2.05, 4.69) is 4.90 Å². The average molecular weight is 320 g/mol. The van der Waals surface area contributed by atoms with Crippen LogP contribution in [-0.2, 0) is 11.3 Å². The van der Waals surface area contributed by atoms with Gasteiger partial charge in [-0.25, -0.2) is 0 Å². The number of amides is 1. The van der Waals surface area contributed by atoms with E-state index in [4.69, 9.17) is 4.42 Å². The second kappa shape index (κ2) is 7.05. The number of rotatable bonds is 6. The Morgan fingerprint density at radius 2 is 2.04 bits per heavy atom. The minimum absolute atomic E-state index is 0.206. The third-order valence-corrected chi connectivity index (χ3v) is 5.10. The first-order chi connectivity index (χ1) is 11.0. The number of hydrogen-bond acceptors (Lipinski definition) is 4. The Balaban J connectivity index is 1.53. The minimum Gasteiger partial charge on any atom is -0.464 e. The maximum absolute atomic E-state index is 12.7. The molecule has 0 aromatic carbocycles. The van der Waals surface area contributed by atoms with Crippen LogP contribution in [0.3, 0.4) is 0 Å². The standard InChI is InChI=1S/C18H28N2O3/c1-13-3-6-17(23-13)11-20(16-4-5-16)18(22)12-19-9-7-15(8-10-19)14(2)21/h3,6,14-16,21H,4-5,7-12H2,1-2H3. The Kier molecular flexibility index (Phi) is 5.07. The van der Waals surface area contributed by atoms with Gasteiger partial charge in [0.15, 0.2) is 0 Å². The highest BCUT2D eigenvalue weighted by Crippen LogP contribution is 2.29. The van der Waals surface area contributed by atoms with Gasteiger partial charge in [-0.1, -0.05) is 0 Å². The Bertz CT molecular complexity index is 528. The summed E-state index contributed by atoms with van der Waals surface area (Å²) in [6.45, 7) is 6.67. The van der Waals surface area contributed by atoms with Gasteiger partial charge in [0.2, 0.25) is 5.91 Å². The van der Waals surface area contributed by atoms with Crippen molar-refractivity contribution in [2.24, 2.45) is 5.92 Å². The summed E-state index contributed by atoms with van der Waals surface area (Å²) in [5, 5.41) is 9.68. The van der Waals surface area contributed by atoms with Gasteiger partial charge in [0, 0.05) is 6.04 Å². The summed E-state index contributed by atoms with van der Waals surface area (Å²) in [5.41, 5.74) is 0. The van der Waals surface area contributed by atoms with E-state index in [-0.39, 0.29) is 12.0 Å². The summed E-state index contributed by atoms with van der Waals surface area (Å²) in [4.78, 5) is 16.9. The third kappa shape index (κ3) is 4.36. The molecule has 1 saturated carbocycles. The molecule has 1 saturated heterocycles. The van der Waals surface area contributed by atoms with Crippen molar-refractivity contribution in [2.45, 2.75) is 58.2 Å². The van der Waals surface area contributed by atoms with Gasteiger partial charge < -0.3 is 14.4 Å². The highest BCUT2D eigenvalue weighted by molar-refractivity contribution is 5.79. The Morgan fingerprint density at radius 3 is 2.57 bits per heavy atom. The van der Waals surface area contributed by atoms with Crippen LogP contribution >= 0.6 is 0 Å². The van der Waals surface area contributed by atoms with Gasteiger partial charge in [-0.3, -0.25) is 9.69 Å². The van der Waals surface area contributed by atoms with Crippen LogP contribution in [0.15, 0.2) is 16.5 Å². The molecule has 2 fully saturated rings. The number of hydrogen-bond donors (Lipinski definition) is 1. The van der Waals surface area contributed by atoms with E-state index < -0.39 is 0 Å². The fraction of sp³-hybridized carbons (Fsp3) is 0.722. The molecule has 1 aliphatic carbocycles. The van der Waals surface area contributed by atoms with Crippen molar-refractivity contribution in [1.29, 1.82) is 0 Å². The van der Waals surface area contributed by atoms with E-state index in [9.17, 15) is 9.90 Å². The van der Waals surface area contributed by atoms with Gasteiger partial charge in [0.1, 0.15) is 11.5 Å². The first-order valence-corrected chi connectivity index (χ1v) is 8.78. The maximum Gasteiger partial charge on any atom is 0.237 e. The van der Waals surface area contributed by atoms with E-state index in [0.29, 0.717) is 25.0 Å². The first kappa shape index (κ1) is 16.5. The van der Waals surface area contributed by atoms with E-state index in [0.717, 1.165) is 50.3 Å². The molecule has 1 N–H and O–H groups in total. The van der Waals surface area contributed by atoms with Crippen LogP contribution in [0.2, 0.25) is 0 Å². The average Bonchev–Trinajstić information content (AvgIpc) is 3.27. The number of aliphatic hydroxyl groups is 1. The number of nitrogens with zero attached hydrogens (tertiary/aromatic N) is 2. The number of carbonyl (C=O) groups is 1. The molecule has 1 aliphatic heterocycles. The summed E-state index contributed by atoms with van der Waals surface area (Å²) >= 11 is 0. The summed E-state index contributed by atoms with van der Waals surface area (Å²) in [6.07, 6.45) is 3.93. The van der Waals surface area contributed by atoms with Crippen molar-refractivity contribution in [1.82, 2.24) is 9.80 Å². The highest BCUT2D eigenvalue weighted by atomic mass is 16.3. The molecular formula is C18H28N2O3. The maximum atomic E-state index is 12.7. The third-order valence-electron chi connectivity index (χ3n) is 5.10. The lowest BCUT2D eigenvalue weighted by Crippen LogP contribution is -2.45. The Labute approximate surface area is 138 Å². The zero-order valence-electron chi connectivity index (χ0n) is 14.2. The lowest BCUT2D eigenvalue weighted by Gasteiger charge is -2.34. The molecule has 23 heavy (non-hydrogen) atoms. The molecule has 1 amide bonds. The Hall–Kier alpha value is -1.33. The SMILES string of the molecule is Cc1ccc(CN(C(=O)CN2CCC(C(C)O)CC2)C2CC2)o1. The largest absolute Gasteiger partial charge is 0.464 e. The molecule has 128 valence electrons. The molecule has 1 unspecified atom stereocenters. The zero-order chi connectivity index (χ0) is 16.4. The molecule has 1 aromatic heterocycles. The minimum atomic E-state index is -0.238. The summed E-state index contributed by atoms with van der Waals surface area (Å²) in [7, 11) is 0. The number of piperidine rings is 1. The molecule has 2 heterocycles. The normalized spacial score (nSPS) is 21.3. The van der Waals surface area contributed by atoms with Crippen LogP contribution in [0.1, 0.15) is 44.1 Å². The van der Waals surface area contributed by atoms with Crippen LogP contribution in [0.5, 0.6) is 0 Å². The topological polar surface area (TPSA) is 56.9 Å². The number of aryl methyl sites for hydroxylation is 1. The molecule has 0 bridgehead atoms. The lowest BCUT2D eigenvalue weighted by molar-refractivity contribution is -0.134. The van der Waals surface area contributed by atoms with Gasteiger partial charge in [0.25, 0.3) is 0 Å². The van der Waals surface area contributed by atoms with E-state index in [1.54, 1.807) is 0 Å². The van der Waals surface area contributed by atoms with E-state index in [1.807, 2.05) is 30.9 Å². The van der Waals surface area contributed by atoms with Gasteiger partial charge in [-0.05, 0) is 70.7 Å². The van der Waals surface area contributed by atoms with Crippen molar-refractivity contribution >= 4 is 5.91 Å². The van der Waals surface area contributed by atoms with E-state index in [1.165, 1.54) is 0 Å². The van der Waals surface area contributed by atoms with Crippen LogP contribution in [-0.4, -0.2) is 52.6 Å². The zero-order valence-corrected chi connectivity index (χ0v) is 14.2. The predicted octanol–water partition coefficient (Wildman–Crippen LogP) is 2.17. The van der Waals surface area contributed by atoms with Crippen molar-refractivity contribution < 1.29 is 14.3 Å². The van der Waals surface area contributed by atoms with Gasteiger partial charge in [-0.2, -0.15) is 0 Å². The summed E-state index contributed by atoms with van der Waals surface area (Å²) in [5.74, 6) is 2.35. The smallest absolute Gasteiger partial charge is 0.237 e. The number of carbonyl (C=O) groups excluding carboxylic acids is 1. The van der Waals surface area contributed by atoms with E-state index >= 15 is 0 Å². The van der Waals surface area contributed by atoms with Crippen LogP contribution < -0.4 is 0 Å². The Morgan fingerprint density at radius 1 is 1.35 bits per heavy atom. The summed E-state index contributed by atoms with van der Waals surface area (Å²) < 4.78 is 5.64. The van der Waals surface area contributed by atoms with Crippen LogP contribution in [0.25, 0.3) is 0 Å². The van der Waals surface area contributed by atoms with Crippen LogP contribution in [0.4, 0.5) is 0 Å². The summed E-state index contributed by atoms with van der Waals surface area (Å²) in [6, 6.07) is 4.31. The molecule has 1 atom stereocenters. The molecule has 5 heteroatoms. The number of aliphatic hydroxyl groups excluding tert-OH is 1. The first-order valence-electron chi connectivity index (χ1n) is 8.78. The van der Waals surface area contributed by atoms with Gasteiger partial charge in [0.05, 0.1) is 19.2 Å². The quantitative estimate of drug-likeness (QED) is 0.873. The second-order valence-corrected chi connectivity index (χ2v) is 7.12. The van der Waals surface area contributed by atoms with Crippen molar-refractivity contribution in [3.63, 3.8) is 0 Å². The fourth-order valence-corrected chi connectivity index (χ4v) is 3.42. The number of likely N-dealkylation sites (tertiary alicyclic amines) is 1. The molecular weight excluding hydrogens is 292 g/mol. The molecule has 0 spiro atoms. The molecule has 0 radical (unpaired) electrons. The second-order valence-electron chi connectivity index (χ2n) is 7.12. The van der Waals surface area contributed by atoms with Crippen molar-refractivity contribution in [2.75, 3.05) is 19.6 Å². The molecule has 1 aromatic rings. The van der Waals surface area contributed by atoms with Crippen LogP contribution in [0, 0.1) is 12.8 Å². The molecule has 5 nitrogen and oxygen atoms in total.